The van der Waals surface area contributed by atoms with Gasteiger partial charge in [-0.1, -0.05) is 23.2 Å². The Hall–Kier alpha value is -2.89. The van der Waals surface area contributed by atoms with E-state index in [-0.39, 0.29) is 22.1 Å². The van der Waals surface area contributed by atoms with Crippen molar-refractivity contribution in [2.75, 3.05) is 4.90 Å². The number of rotatable bonds is 4. The van der Waals surface area contributed by atoms with Crippen LogP contribution >= 0.6 is 23.2 Å². The van der Waals surface area contributed by atoms with Crippen LogP contribution in [0.2, 0.25) is 10.0 Å². The average Bonchev–Trinajstić information content (AvgIpc) is 2.63. The van der Waals surface area contributed by atoms with Gasteiger partial charge in [0.1, 0.15) is 5.82 Å². The second-order valence-electron chi connectivity index (χ2n) is 6.50. The van der Waals surface area contributed by atoms with Crippen molar-refractivity contribution in [2.24, 2.45) is 0 Å². The summed E-state index contributed by atoms with van der Waals surface area (Å²) in [6.45, 7) is 3.38. The smallest absolute Gasteiger partial charge is 0.416 e. The molecular formula is C22H16Cl2FNO3. The second kappa shape index (κ2) is 8.23. The first kappa shape index (κ1) is 20.8. The molecule has 148 valence electrons. The maximum atomic E-state index is 13.4. The number of anilines is 2. The van der Waals surface area contributed by atoms with Crippen molar-refractivity contribution in [3.63, 3.8) is 0 Å². The van der Waals surface area contributed by atoms with E-state index >= 15 is 0 Å². The minimum absolute atomic E-state index is 0.105. The number of aryl methyl sites for hydroxylation is 2. The van der Waals surface area contributed by atoms with E-state index in [4.69, 9.17) is 23.2 Å². The van der Waals surface area contributed by atoms with Crippen LogP contribution in [-0.4, -0.2) is 17.0 Å². The van der Waals surface area contributed by atoms with Gasteiger partial charge in [0.05, 0.1) is 16.4 Å². The minimum atomic E-state index is -1.26. The molecule has 7 heteroatoms. The van der Waals surface area contributed by atoms with Gasteiger partial charge in [-0.05, 0) is 79.6 Å². The predicted octanol–water partition coefficient (Wildman–Crippen LogP) is 6.80. The highest BCUT2D eigenvalue weighted by atomic mass is 35.5. The molecule has 0 aliphatic heterocycles. The summed E-state index contributed by atoms with van der Waals surface area (Å²) in [6, 6.07) is 13.1. The van der Waals surface area contributed by atoms with E-state index in [0.29, 0.717) is 27.4 Å². The summed E-state index contributed by atoms with van der Waals surface area (Å²) in [5, 5.41) is 10.3. The zero-order valence-electron chi connectivity index (χ0n) is 15.5. The SMILES string of the molecule is Cc1cc(Cl)ccc1C(=O)c1ccc(N(C(=O)O)c2ccc(F)cc2C)cc1Cl. The molecule has 1 amide bonds. The molecule has 0 atom stereocenters. The van der Waals surface area contributed by atoms with Gasteiger partial charge in [-0.2, -0.15) is 0 Å². The zero-order valence-corrected chi connectivity index (χ0v) is 17.1. The van der Waals surface area contributed by atoms with Crippen molar-refractivity contribution >= 4 is 46.5 Å². The standard InChI is InChI=1S/C22H16Cl2FNO3/c1-12-9-14(23)3-6-17(12)21(27)18-7-5-16(11-19(18)24)26(22(28)29)20-8-4-15(25)10-13(20)2/h3-11H,1-2H3,(H,28,29). The third-order valence-corrected chi connectivity index (χ3v) is 5.03. The van der Waals surface area contributed by atoms with Crippen molar-refractivity contribution in [1.82, 2.24) is 0 Å². The van der Waals surface area contributed by atoms with E-state index in [1.807, 2.05) is 0 Å². The number of hydrogen-bond donors (Lipinski definition) is 1. The van der Waals surface area contributed by atoms with Crippen LogP contribution in [0.4, 0.5) is 20.6 Å². The van der Waals surface area contributed by atoms with Crippen LogP contribution in [0.25, 0.3) is 0 Å². The van der Waals surface area contributed by atoms with Gasteiger partial charge in [-0.25, -0.2) is 14.1 Å². The second-order valence-corrected chi connectivity index (χ2v) is 7.34. The molecule has 3 aromatic rings. The molecule has 0 radical (unpaired) electrons. The Morgan fingerprint density at radius 3 is 2.17 bits per heavy atom. The van der Waals surface area contributed by atoms with Crippen LogP contribution in [0.1, 0.15) is 27.0 Å². The average molecular weight is 432 g/mol. The van der Waals surface area contributed by atoms with Gasteiger partial charge in [0.15, 0.2) is 5.78 Å². The first-order chi connectivity index (χ1) is 13.7. The number of hydrogen-bond acceptors (Lipinski definition) is 2. The lowest BCUT2D eigenvalue weighted by molar-refractivity contribution is 0.103. The van der Waals surface area contributed by atoms with E-state index in [0.717, 1.165) is 4.90 Å². The van der Waals surface area contributed by atoms with Crippen molar-refractivity contribution in [2.45, 2.75) is 13.8 Å². The highest BCUT2D eigenvalue weighted by molar-refractivity contribution is 6.35. The molecule has 3 aromatic carbocycles. The third kappa shape index (κ3) is 4.26. The van der Waals surface area contributed by atoms with E-state index in [1.54, 1.807) is 32.0 Å². The molecule has 4 nitrogen and oxygen atoms in total. The number of nitrogens with zero attached hydrogens (tertiary/aromatic N) is 1. The molecule has 29 heavy (non-hydrogen) atoms. The van der Waals surface area contributed by atoms with E-state index < -0.39 is 11.9 Å². The van der Waals surface area contributed by atoms with Crippen molar-refractivity contribution in [3.05, 3.63) is 92.7 Å². The summed E-state index contributed by atoms with van der Waals surface area (Å²) in [5.41, 5.74) is 2.37. The summed E-state index contributed by atoms with van der Waals surface area (Å²) in [6.07, 6.45) is -1.26. The number of amides is 1. The van der Waals surface area contributed by atoms with Crippen molar-refractivity contribution < 1.29 is 19.1 Å². The van der Waals surface area contributed by atoms with Gasteiger partial charge in [-0.3, -0.25) is 4.79 Å². The largest absolute Gasteiger partial charge is 0.464 e. The molecule has 0 fully saturated rings. The van der Waals surface area contributed by atoms with Gasteiger partial charge in [0, 0.05) is 16.1 Å². The van der Waals surface area contributed by atoms with Crippen LogP contribution in [0, 0.1) is 19.7 Å². The fourth-order valence-corrected chi connectivity index (χ4v) is 3.56. The monoisotopic (exact) mass is 431 g/mol. The Labute approximate surface area is 177 Å². The molecule has 0 saturated carbocycles. The van der Waals surface area contributed by atoms with Crippen LogP contribution in [-0.2, 0) is 0 Å². The minimum Gasteiger partial charge on any atom is -0.464 e. The normalized spacial score (nSPS) is 10.7. The third-order valence-electron chi connectivity index (χ3n) is 4.48. The van der Waals surface area contributed by atoms with Crippen LogP contribution in [0.5, 0.6) is 0 Å². The summed E-state index contributed by atoms with van der Waals surface area (Å²) < 4.78 is 13.4. The van der Waals surface area contributed by atoms with Crippen LogP contribution in [0.3, 0.4) is 0 Å². The molecule has 0 aliphatic rings. The van der Waals surface area contributed by atoms with Crippen molar-refractivity contribution in [1.29, 1.82) is 0 Å². The Morgan fingerprint density at radius 1 is 0.897 bits per heavy atom. The van der Waals surface area contributed by atoms with Gasteiger partial charge in [0.25, 0.3) is 0 Å². The maximum absolute atomic E-state index is 13.4. The van der Waals surface area contributed by atoms with Gasteiger partial charge in [-0.15, -0.1) is 0 Å². The Kier molecular flexibility index (Phi) is 5.91. The summed E-state index contributed by atoms with van der Waals surface area (Å²) in [5.74, 6) is -0.760. The number of carboxylic acid groups (broad SMARTS) is 1. The molecule has 0 bridgehead atoms. The van der Waals surface area contributed by atoms with Gasteiger partial charge < -0.3 is 5.11 Å². The van der Waals surface area contributed by atoms with Gasteiger partial charge >= 0.3 is 6.09 Å². The predicted molar refractivity (Wildman–Crippen MR) is 112 cm³/mol. The lowest BCUT2D eigenvalue weighted by Gasteiger charge is -2.22. The first-order valence-electron chi connectivity index (χ1n) is 8.58. The molecule has 0 saturated heterocycles. The van der Waals surface area contributed by atoms with Gasteiger partial charge in [0.2, 0.25) is 0 Å². The molecule has 1 N–H and O–H groups in total. The lowest BCUT2D eigenvalue weighted by Crippen LogP contribution is -2.24. The lowest BCUT2D eigenvalue weighted by atomic mass is 9.98. The molecular weight excluding hydrogens is 416 g/mol. The van der Waals surface area contributed by atoms with E-state index in [1.165, 1.54) is 36.4 Å². The van der Waals surface area contributed by atoms with Crippen molar-refractivity contribution in [3.8, 4) is 0 Å². The number of ketones is 1. The topological polar surface area (TPSA) is 57.6 Å². The molecule has 3 rings (SSSR count). The zero-order chi connectivity index (χ0) is 21.3. The number of halogens is 3. The summed E-state index contributed by atoms with van der Waals surface area (Å²) in [4.78, 5) is 25.7. The molecule has 0 unspecified atom stereocenters. The molecule has 0 spiro atoms. The highest BCUT2D eigenvalue weighted by Gasteiger charge is 2.22. The molecule has 0 aliphatic carbocycles. The number of carbonyl (C=O) groups excluding carboxylic acids is 1. The van der Waals surface area contributed by atoms with Crippen LogP contribution < -0.4 is 4.90 Å². The van der Waals surface area contributed by atoms with Crippen LogP contribution in [0.15, 0.2) is 54.6 Å². The Bertz CT molecular complexity index is 1130. The Balaban J connectivity index is 2.03. The van der Waals surface area contributed by atoms with E-state index in [2.05, 4.69) is 0 Å². The Morgan fingerprint density at radius 2 is 1.59 bits per heavy atom. The quantitative estimate of drug-likeness (QED) is 0.462. The fraction of sp³-hybridized carbons (Fsp3) is 0.0909. The molecule has 0 aromatic heterocycles. The fourth-order valence-electron chi connectivity index (χ4n) is 3.08. The number of benzene rings is 3. The summed E-state index contributed by atoms with van der Waals surface area (Å²) >= 11 is 12.3. The summed E-state index contributed by atoms with van der Waals surface area (Å²) in [7, 11) is 0. The first-order valence-corrected chi connectivity index (χ1v) is 9.34. The van der Waals surface area contributed by atoms with E-state index in [9.17, 15) is 19.1 Å². The highest BCUT2D eigenvalue weighted by Crippen LogP contribution is 2.33. The number of carbonyl (C=O) groups is 2. The molecule has 0 heterocycles. The maximum Gasteiger partial charge on any atom is 0.416 e.